The predicted molar refractivity (Wildman–Crippen MR) is 110 cm³/mol. The molecule has 0 aliphatic heterocycles. The summed E-state index contributed by atoms with van der Waals surface area (Å²) in [7, 11) is 0. The van der Waals surface area contributed by atoms with Gasteiger partial charge in [0.1, 0.15) is 5.52 Å². The summed E-state index contributed by atoms with van der Waals surface area (Å²) >= 11 is 0. The van der Waals surface area contributed by atoms with E-state index in [1.807, 2.05) is 34.9 Å². The van der Waals surface area contributed by atoms with Crippen LogP contribution >= 0.6 is 0 Å². The maximum atomic E-state index is 13.5. The summed E-state index contributed by atoms with van der Waals surface area (Å²) in [6.45, 7) is 0. The Morgan fingerprint density at radius 2 is 1.19 bits per heavy atom. The zero-order chi connectivity index (χ0) is 17.7. The molecule has 0 atom stereocenters. The second-order valence-corrected chi connectivity index (χ2v) is 7.11. The van der Waals surface area contributed by atoms with Crippen LogP contribution in [0.25, 0.3) is 54.6 Å². The van der Waals surface area contributed by atoms with Crippen molar-refractivity contribution >= 4 is 54.6 Å². The number of benzene rings is 3. The number of hydrogen-bond donors (Lipinski definition) is 1. The Bertz CT molecular complexity index is 1750. The van der Waals surface area contributed by atoms with Crippen molar-refractivity contribution in [2.45, 2.75) is 0 Å². The van der Waals surface area contributed by atoms with E-state index in [9.17, 15) is 4.79 Å². The first kappa shape index (κ1) is 13.4. The molecule has 3 aromatic carbocycles. The van der Waals surface area contributed by atoms with E-state index in [-0.39, 0.29) is 5.56 Å². The van der Waals surface area contributed by atoms with E-state index in [1.165, 1.54) is 10.8 Å². The molecule has 4 heterocycles. The van der Waals surface area contributed by atoms with Gasteiger partial charge in [-0.25, -0.2) is 0 Å². The molecular weight excluding hydrogens is 334 g/mol. The summed E-state index contributed by atoms with van der Waals surface area (Å²) in [5, 5.41) is 4.59. The molecule has 0 aliphatic rings. The van der Waals surface area contributed by atoms with Crippen LogP contribution in [0, 0.1) is 0 Å². The molecule has 0 saturated heterocycles. The minimum absolute atomic E-state index is 0.0125. The van der Waals surface area contributed by atoms with Gasteiger partial charge in [0.25, 0.3) is 5.56 Å². The number of nitrogens with one attached hydrogen (secondary N) is 1. The van der Waals surface area contributed by atoms with Crippen LogP contribution in [0.3, 0.4) is 0 Å². The number of H-pyrrole nitrogens is 1. The molecule has 0 aliphatic carbocycles. The molecule has 0 amide bonds. The summed E-state index contributed by atoms with van der Waals surface area (Å²) in [6.07, 6.45) is 1.85. The first-order chi connectivity index (χ1) is 13.3. The Labute approximate surface area is 152 Å². The van der Waals surface area contributed by atoms with Gasteiger partial charge in [0.2, 0.25) is 0 Å². The molecule has 4 nitrogen and oxygen atoms in total. The van der Waals surface area contributed by atoms with Crippen molar-refractivity contribution in [3.05, 3.63) is 83.3 Å². The molecule has 0 fully saturated rings. The summed E-state index contributed by atoms with van der Waals surface area (Å²) in [4.78, 5) is 16.7. The van der Waals surface area contributed by atoms with Crippen LogP contribution in [-0.4, -0.2) is 13.8 Å². The van der Waals surface area contributed by atoms with Crippen LogP contribution in [0.2, 0.25) is 0 Å². The fourth-order valence-electron chi connectivity index (χ4n) is 4.79. The van der Waals surface area contributed by atoms with E-state index in [4.69, 9.17) is 0 Å². The van der Waals surface area contributed by atoms with Crippen molar-refractivity contribution < 1.29 is 0 Å². The molecule has 4 aromatic heterocycles. The lowest BCUT2D eigenvalue weighted by atomic mass is 10.1. The van der Waals surface area contributed by atoms with E-state index < -0.39 is 0 Å². The van der Waals surface area contributed by atoms with Crippen LogP contribution in [0.5, 0.6) is 0 Å². The fraction of sp³-hybridized carbons (Fsp3) is 0. The molecule has 0 radical (unpaired) electrons. The van der Waals surface area contributed by atoms with Gasteiger partial charge in [0.15, 0.2) is 0 Å². The van der Waals surface area contributed by atoms with Crippen molar-refractivity contribution in [2.75, 3.05) is 0 Å². The van der Waals surface area contributed by atoms with E-state index in [1.54, 1.807) is 0 Å². The van der Waals surface area contributed by atoms with Crippen LogP contribution in [-0.2, 0) is 0 Å². The van der Waals surface area contributed by atoms with E-state index >= 15 is 0 Å². The largest absolute Gasteiger partial charge is 0.355 e. The number of aromatic nitrogens is 3. The second kappa shape index (κ2) is 4.30. The summed E-state index contributed by atoms with van der Waals surface area (Å²) < 4.78 is 4.11. The van der Waals surface area contributed by atoms with Crippen molar-refractivity contribution in [2.24, 2.45) is 0 Å². The standard InChI is InChI=1S/C23H13N3O/c27-23-20-19(11-12-24-20)25-17-7-3-1-5-13(17)15-9-10-16-14-6-2-4-8-18(14)26(23)22(16)21(15)25/h1-12,24H. The van der Waals surface area contributed by atoms with Gasteiger partial charge in [-0.1, -0.05) is 48.5 Å². The van der Waals surface area contributed by atoms with Gasteiger partial charge in [-0.2, -0.15) is 0 Å². The van der Waals surface area contributed by atoms with Gasteiger partial charge in [-0.05, 0) is 18.2 Å². The Morgan fingerprint density at radius 3 is 1.89 bits per heavy atom. The molecule has 0 spiro atoms. The number of fused-ring (bicyclic) bond motifs is 8. The van der Waals surface area contributed by atoms with E-state index in [2.05, 4.69) is 51.8 Å². The highest BCUT2D eigenvalue weighted by molar-refractivity contribution is 6.23. The summed E-state index contributed by atoms with van der Waals surface area (Å²) in [5.74, 6) is 0. The van der Waals surface area contributed by atoms with Crippen LogP contribution in [0.4, 0.5) is 0 Å². The number of aromatic amines is 1. The third-order valence-corrected chi connectivity index (χ3v) is 5.85. The Morgan fingerprint density at radius 1 is 0.593 bits per heavy atom. The summed E-state index contributed by atoms with van der Waals surface area (Å²) in [6, 6.07) is 22.9. The number of para-hydroxylation sites is 2. The van der Waals surface area contributed by atoms with Gasteiger partial charge in [0.05, 0.1) is 27.6 Å². The Balaban J connectivity index is 2.07. The zero-order valence-electron chi connectivity index (χ0n) is 14.2. The molecular formula is C23H13N3O. The third kappa shape index (κ3) is 1.38. The van der Waals surface area contributed by atoms with Gasteiger partial charge in [-0.3, -0.25) is 9.20 Å². The van der Waals surface area contributed by atoms with Crippen LogP contribution in [0.15, 0.2) is 77.7 Å². The highest BCUT2D eigenvalue weighted by Crippen LogP contribution is 2.38. The van der Waals surface area contributed by atoms with Gasteiger partial charge in [-0.15, -0.1) is 0 Å². The first-order valence-electron chi connectivity index (χ1n) is 9.02. The molecule has 126 valence electrons. The molecule has 0 saturated carbocycles. The topological polar surface area (TPSA) is 41.7 Å². The van der Waals surface area contributed by atoms with Crippen LogP contribution < -0.4 is 5.56 Å². The molecule has 0 unspecified atom stereocenters. The Hall–Kier alpha value is -3.79. The van der Waals surface area contributed by atoms with E-state index in [0.717, 1.165) is 38.4 Å². The Kier molecular flexibility index (Phi) is 2.14. The minimum Gasteiger partial charge on any atom is -0.355 e. The van der Waals surface area contributed by atoms with Crippen LogP contribution in [0.1, 0.15) is 0 Å². The fourth-order valence-corrected chi connectivity index (χ4v) is 4.79. The molecule has 7 rings (SSSR count). The molecule has 4 heteroatoms. The number of rotatable bonds is 0. The lowest BCUT2D eigenvalue weighted by Gasteiger charge is -1.98. The average molecular weight is 347 g/mol. The summed E-state index contributed by atoms with van der Waals surface area (Å²) in [5.41, 5.74) is 5.66. The quantitative estimate of drug-likeness (QED) is 0.415. The smallest absolute Gasteiger partial charge is 0.281 e. The maximum Gasteiger partial charge on any atom is 0.281 e. The molecule has 1 N–H and O–H groups in total. The zero-order valence-corrected chi connectivity index (χ0v) is 14.2. The molecule has 0 bridgehead atoms. The maximum absolute atomic E-state index is 13.5. The van der Waals surface area contributed by atoms with E-state index in [0.29, 0.717) is 5.52 Å². The van der Waals surface area contributed by atoms with Crippen molar-refractivity contribution in [1.29, 1.82) is 0 Å². The minimum atomic E-state index is -0.0125. The van der Waals surface area contributed by atoms with Crippen molar-refractivity contribution in [3.8, 4) is 0 Å². The number of nitrogens with zero attached hydrogens (tertiary/aromatic N) is 2. The molecule has 7 aromatic rings. The second-order valence-electron chi connectivity index (χ2n) is 7.11. The third-order valence-electron chi connectivity index (χ3n) is 5.85. The monoisotopic (exact) mass is 347 g/mol. The SMILES string of the molecule is O=c1c2[nH]ccc2n2c3ccccc3c3ccc4c5ccccc5n1c4c32. The highest BCUT2D eigenvalue weighted by Gasteiger charge is 2.20. The average Bonchev–Trinajstić information content (AvgIpc) is 3.37. The predicted octanol–water partition coefficient (Wildman–Crippen LogP) is 4.93. The number of hydrogen-bond acceptors (Lipinski definition) is 1. The lowest BCUT2D eigenvalue weighted by Crippen LogP contribution is -2.09. The van der Waals surface area contributed by atoms with Gasteiger partial charge >= 0.3 is 0 Å². The molecule has 27 heavy (non-hydrogen) atoms. The highest BCUT2D eigenvalue weighted by atomic mass is 16.1. The van der Waals surface area contributed by atoms with Gasteiger partial charge in [0, 0.05) is 27.7 Å². The van der Waals surface area contributed by atoms with Crippen molar-refractivity contribution in [3.63, 3.8) is 0 Å². The van der Waals surface area contributed by atoms with Gasteiger partial charge < -0.3 is 9.38 Å². The first-order valence-corrected chi connectivity index (χ1v) is 9.02. The lowest BCUT2D eigenvalue weighted by molar-refractivity contribution is 1.20. The normalized spacial score (nSPS) is 12.6. The van der Waals surface area contributed by atoms with Crippen molar-refractivity contribution in [1.82, 2.24) is 13.8 Å².